The van der Waals surface area contributed by atoms with E-state index in [1.54, 1.807) is 0 Å². The number of carbonyl (C=O) groups excluding carboxylic acids is 2. The predicted octanol–water partition coefficient (Wildman–Crippen LogP) is 6.76. The van der Waals surface area contributed by atoms with Crippen LogP contribution < -0.4 is 5.32 Å². The van der Waals surface area contributed by atoms with E-state index in [2.05, 4.69) is 11.4 Å². The average Bonchev–Trinajstić information content (AvgIpc) is 3.63. The van der Waals surface area contributed by atoms with Crippen molar-refractivity contribution in [2.45, 2.75) is 35.7 Å². The van der Waals surface area contributed by atoms with Gasteiger partial charge in [-0.1, -0.05) is 29.8 Å². The molecule has 2 atom stereocenters. The highest BCUT2D eigenvalue weighted by Crippen LogP contribution is 2.65. The van der Waals surface area contributed by atoms with Crippen molar-refractivity contribution < 1.29 is 22.8 Å². The summed E-state index contributed by atoms with van der Waals surface area (Å²) in [5, 5.41) is 12.0. The molecule has 2 aromatic rings. The molecule has 2 aliphatic carbocycles. The topological polar surface area (TPSA) is 70.0 Å². The number of nitrogens with zero attached hydrogens (tertiary/aromatic N) is 1. The summed E-state index contributed by atoms with van der Waals surface area (Å²) in [5.74, 6) is -2.74. The van der Waals surface area contributed by atoms with E-state index in [-0.39, 0.29) is 34.0 Å². The van der Waals surface area contributed by atoms with E-state index in [0.29, 0.717) is 12.8 Å². The van der Waals surface area contributed by atoms with Gasteiger partial charge in [0.05, 0.1) is 28.0 Å². The maximum Gasteiger partial charge on any atom is 0.416 e. The van der Waals surface area contributed by atoms with Crippen LogP contribution in [0, 0.1) is 22.7 Å². The van der Waals surface area contributed by atoms with Crippen molar-refractivity contribution in [3.8, 4) is 6.07 Å². The van der Waals surface area contributed by atoms with Gasteiger partial charge in [-0.05, 0) is 42.7 Å². The van der Waals surface area contributed by atoms with Crippen molar-refractivity contribution in [1.82, 2.24) is 0 Å². The van der Waals surface area contributed by atoms with Crippen LogP contribution in [0.25, 0.3) is 0 Å². The van der Waals surface area contributed by atoms with E-state index in [1.165, 1.54) is 30.3 Å². The third-order valence-corrected chi connectivity index (χ3v) is 7.30. The monoisotopic (exact) mass is 514 g/mol. The number of rotatable bonds is 6. The molecule has 0 bridgehead atoms. The minimum Gasteiger partial charge on any atom is -0.326 e. The van der Waals surface area contributed by atoms with Crippen molar-refractivity contribution in [3.05, 3.63) is 64.2 Å². The van der Waals surface area contributed by atoms with Gasteiger partial charge in [-0.25, -0.2) is 0 Å². The fraction of sp³-hybridized carbons (Fsp3) is 0.348. The van der Waals surface area contributed by atoms with Crippen molar-refractivity contribution in [2.24, 2.45) is 11.3 Å². The van der Waals surface area contributed by atoms with Crippen LogP contribution in [0.15, 0.2) is 42.5 Å². The first-order chi connectivity index (χ1) is 15.4. The predicted molar refractivity (Wildman–Crippen MR) is 118 cm³/mol. The molecule has 172 valence electrons. The third-order valence-electron chi connectivity index (χ3n) is 6.03. The molecule has 2 fully saturated rings. The van der Waals surface area contributed by atoms with Crippen LogP contribution in [0.4, 0.5) is 18.9 Å². The van der Waals surface area contributed by atoms with Crippen molar-refractivity contribution in [3.63, 3.8) is 0 Å². The SMILES string of the molecule is N#CC1(CC(=O)c2cc(NC(=O)C3C(c4cccc(C(F)(F)F)c4)C3(Cl)Cl)ccc2Cl)CC1. The van der Waals surface area contributed by atoms with E-state index in [9.17, 15) is 28.0 Å². The Morgan fingerprint density at radius 1 is 1.15 bits per heavy atom. The van der Waals surface area contributed by atoms with Gasteiger partial charge in [0.15, 0.2) is 5.78 Å². The summed E-state index contributed by atoms with van der Waals surface area (Å²) in [6, 6.07) is 11.0. The van der Waals surface area contributed by atoms with E-state index >= 15 is 0 Å². The second-order valence-electron chi connectivity index (χ2n) is 8.43. The molecule has 0 saturated heterocycles. The molecule has 33 heavy (non-hydrogen) atoms. The van der Waals surface area contributed by atoms with E-state index < -0.39 is 39.2 Å². The average molecular weight is 516 g/mol. The van der Waals surface area contributed by atoms with Crippen LogP contribution in [0.2, 0.25) is 5.02 Å². The summed E-state index contributed by atoms with van der Waals surface area (Å²) in [6.07, 6.45) is -3.21. The molecule has 2 aliphatic rings. The molecular weight excluding hydrogens is 500 g/mol. The highest BCUT2D eigenvalue weighted by atomic mass is 35.5. The summed E-state index contributed by atoms with van der Waals surface area (Å²) < 4.78 is 37.6. The Kier molecular flexibility index (Phi) is 5.93. The first-order valence-electron chi connectivity index (χ1n) is 9.98. The van der Waals surface area contributed by atoms with Gasteiger partial charge >= 0.3 is 6.18 Å². The summed E-state index contributed by atoms with van der Waals surface area (Å²) in [4.78, 5) is 25.5. The number of alkyl halides is 5. The molecule has 0 aliphatic heterocycles. The summed E-state index contributed by atoms with van der Waals surface area (Å²) in [7, 11) is 0. The van der Waals surface area contributed by atoms with Crippen LogP contribution in [0.5, 0.6) is 0 Å². The van der Waals surface area contributed by atoms with Crippen LogP contribution in [0.3, 0.4) is 0 Å². The smallest absolute Gasteiger partial charge is 0.326 e. The van der Waals surface area contributed by atoms with Crippen LogP contribution >= 0.6 is 34.8 Å². The number of anilines is 1. The first kappa shape index (κ1) is 23.9. The molecule has 2 unspecified atom stereocenters. The molecule has 1 amide bonds. The number of nitriles is 1. The highest BCUT2D eigenvalue weighted by molar-refractivity contribution is 6.53. The Bertz CT molecular complexity index is 1190. The standard InChI is InChI=1S/C23H16Cl3F3N2O2/c24-16-5-4-14(9-15(16)17(32)10-21(11-30)6-7-21)31-20(33)19-18(22(19,25)26)12-2-1-3-13(8-12)23(27,28)29/h1-5,8-9,18-19H,6-7,10H2,(H,31,33). The molecule has 1 N–H and O–H groups in total. The van der Waals surface area contributed by atoms with Gasteiger partial charge < -0.3 is 5.32 Å². The van der Waals surface area contributed by atoms with E-state index in [0.717, 1.165) is 12.1 Å². The zero-order valence-electron chi connectivity index (χ0n) is 16.8. The van der Waals surface area contributed by atoms with Crippen molar-refractivity contribution in [2.75, 3.05) is 5.32 Å². The van der Waals surface area contributed by atoms with Crippen LogP contribution in [-0.2, 0) is 11.0 Å². The lowest BCUT2D eigenvalue weighted by Gasteiger charge is -2.10. The number of nitrogens with one attached hydrogen (secondary N) is 1. The molecule has 10 heteroatoms. The summed E-state index contributed by atoms with van der Waals surface area (Å²) in [5.41, 5.74) is -0.879. The lowest BCUT2D eigenvalue weighted by molar-refractivity contribution is -0.137. The zero-order valence-corrected chi connectivity index (χ0v) is 19.1. The van der Waals surface area contributed by atoms with Crippen LogP contribution in [-0.4, -0.2) is 16.0 Å². The number of carbonyl (C=O) groups is 2. The number of amides is 1. The molecule has 0 aromatic heterocycles. The van der Waals surface area contributed by atoms with E-state index in [4.69, 9.17) is 34.8 Å². The number of Topliss-reactive ketones (excluding diaryl/α,β-unsaturated/α-hetero) is 1. The number of benzene rings is 2. The number of hydrogen-bond donors (Lipinski definition) is 1. The third kappa shape index (κ3) is 4.70. The molecule has 4 nitrogen and oxygen atoms in total. The van der Waals surface area contributed by atoms with E-state index in [1.807, 2.05) is 0 Å². The molecule has 4 rings (SSSR count). The molecule has 0 radical (unpaired) electrons. The zero-order chi connectivity index (χ0) is 24.2. The Hall–Kier alpha value is -2.27. The van der Waals surface area contributed by atoms with Crippen molar-refractivity contribution >= 4 is 52.2 Å². The quantitative estimate of drug-likeness (QED) is 0.341. The van der Waals surface area contributed by atoms with Gasteiger partial charge in [-0.15, -0.1) is 23.2 Å². The number of hydrogen-bond acceptors (Lipinski definition) is 3. The lowest BCUT2D eigenvalue weighted by Crippen LogP contribution is -2.17. The maximum absolute atomic E-state index is 13.1. The molecule has 2 saturated carbocycles. The highest BCUT2D eigenvalue weighted by Gasteiger charge is 2.67. The minimum atomic E-state index is -4.54. The lowest BCUT2D eigenvalue weighted by atomic mass is 9.96. The number of halogens is 6. The normalized spacial score (nSPS) is 22.2. The second-order valence-corrected chi connectivity index (χ2v) is 10.3. The Morgan fingerprint density at radius 3 is 2.45 bits per heavy atom. The van der Waals surface area contributed by atoms with Gasteiger partial charge in [0, 0.05) is 23.6 Å². The Morgan fingerprint density at radius 2 is 1.85 bits per heavy atom. The molecule has 2 aromatic carbocycles. The van der Waals surface area contributed by atoms with Gasteiger partial charge in [-0.3, -0.25) is 9.59 Å². The maximum atomic E-state index is 13.1. The minimum absolute atomic E-state index is 0.0351. The van der Waals surface area contributed by atoms with Crippen molar-refractivity contribution in [1.29, 1.82) is 5.26 Å². The van der Waals surface area contributed by atoms with Crippen LogP contribution in [0.1, 0.15) is 46.7 Å². The Labute approximate surface area is 202 Å². The summed E-state index contributed by atoms with van der Waals surface area (Å²) in [6.45, 7) is 0. The second kappa shape index (κ2) is 8.19. The Balaban J connectivity index is 1.51. The number of ketones is 1. The fourth-order valence-electron chi connectivity index (χ4n) is 3.89. The largest absolute Gasteiger partial charge is 0.416 e. The van der Waals surface area contributed by atoms with Gasteiger partial charge in [-0.2, -0.15) is 18.4 Å². The fourth-order valence-corrected chi connectivity index (χ4v) is 4.95. The first-order valence-corrected chi connectivity index (χ1v) is 11.1. The van der Waals surface area contributed by atoms with Gasteiger partial charge in [0.25, 0.3) is 0 Å². The molecule has 0 heterocycles. The van der Waals surface area contributed by atoms with Gasteiger partial charge in [0.2, 0.25) is 5.91 Å². The molecular formula is C23H16Cl3F3N2O2. The molecule has 0 spiro atoms. The van der Waals surface area contributed by atoms with Gasteiger partial charge in [0.1, 0.15) is 4.33 Å². The summed E-state index contributed by atoms with van der Waals surface area (Å²) >= 11 is 18.7.